The summed E-state index contributed by atoms with van der Waals surface area (Å²) in [5.41, 5.74) is 1.61. The van der Waals surface area contributed by atoms with Gasteiger partial charge in [0.05, 0.1) is 12.0 Å². The molecule has 164 valence electrons. The maximum atomic E-state index is 13.9. The molecule has 31 heavy (non-hydrogen) atoms. The van der Waals surface area contributed by atoms with Crippen LogP contribution in [0.2, 0.25) is 0 Å². The van der Waals surface area contributed by atoms with E-state index >= 15 is 0 Å². The molecule has 0 unspecified atom stereocenters. The highest BCUT2D eigenvalue weighted by Crippen LogP contribution is 2.47. The second kappa shape index (κ2) is 9.15. The molecule has 1 aliphatic heterocycles. The second-order valence-electron chi connectivity index (χ2n) is 9.37. The molecule has 2 fully saturated rings. The first-order valence-electron chi connectivity index (χ1n) is 12.0. The Morgan fingerprint density at radius 3 is 2.32 bits per heavy atom. The fourth-order valence-electron chi connectivity index (χ4n) is 5.89. The minimum atomic E-state index is -0.351. The quantitative estimate of drug-likeness (QED) is 0.615. The van der Waals surface area contributed by atoms with Gasteiger partial charge in [-0.25, -0.2) is 0 Å². The molecule has 1 N–H and O–H groups in total. The van der Waals surface area contributed by atoms with Crippen molar-refractivity contribution in [2.24, 2.45) is 0 Å². The number of fused-ring (bicyclic) bond motifs is 1. The van der Waals surface area contributed by atoms with Gasteiger partial charge < -0.3 is 10.2 Å². The zero-order valence-electron chi connectivity index (χ0n) is 18.1. The van der Waals surface area contributed by atoms with Crippen LogP contribution in [-0.4, -0.2) is 28.8 Å². The van der Waals surface area contributed by atoms with Gasteiger partial charge in [-0.2, -0.15) is 0 Å². The van der Waals surface area contributed by atoms with E-state index in [1.54, 1.807) is 11.3 Å². The van der Waals surface area contributed by atoms with E-state index in [2.05, 4.69) is 21.7 Å². The number of nitrogens with zero attached hydrogens (tertiary/aromatic N) is 1. The maximum Gasteiger partial charge on any atom is 0.254 e. The van der Waals surface area contributed by atoms with Crippen molar-refractivity contribution >= 4 is 23.2 Å². The zero-order valence-corrected chi connectivity index (χ0v) is 18.9. The lowest BCUT2D eigenvalue weighted by atomic mass is 9.80. The summed E-state index contributed by atoms with van der Waals surface area (Å²) in [5.74, 6) is -0.163. The Kier molecular flexibility index (Phi) is 6.13. The first-order chi connectivity index (χ1) is 15.2. The van der Waals surface area contributed by atoms with E-state index in [0.717, 1.165) is 49.0 Å². The number of nitrogens with one attached hydrogen (secondary N) is 1. The Bertz CT molecular complexity index is 911. The average Bonchev–Trinajstić information content (AvgIpc) is 3.45. The molecule has 1 aromatic heterocycles. The summed E-state index contributed by atoms with van der Waals surface area (Å²) >= 11 is 1.67. The van der Waals surface area contributed by atoms with Gasteiger partial charge in [-0.1, -0.05) is 62.8 Å². The van der Waals surface area contributed by atoms with Crippen molar-refractivity contribution in [1.82, 2.24) is 10.2 Å². The van der Waals surface area contributed by atoms with Crippen molar-refractivity contribution in [3.05, 3.63) is 57.8 Å². The third kappa shape index (κ3) is 4.05. The van der Waals surface area contributed by atoms with Crippen LogP contribution in [0.25, 0.3) is 0 Å². The smallest absolute Gasteiger partial charge is 0.254 e. The molecule has 0 radical (unpaired) electrons. The van der Waals surface area contributed by atoms with E-state index in [-0.39, 0.29) is 35.9 Å². The predicted octanol–water partition coefficient (Wildman–Crippen LogP) is 5.81. The molecule has 2 heterocycles. The first-order valence-corrected chi connectivity index (χ1v) is 12.9. The lowest BCUT2D eigenvalue weighted by Crippen LogP contribution is -2.51. The molecule has 2 saturated carbocycles. The minimum Gasteiger partial charge on any atom is -0.353 e. The lowest BCUT2D eigenvalue weighted by molar-refractivity contribution is -0.125. The summed E-state index contributed by atoms with van der Waals surface area (Å²) in [4.78, 5) is 30.8. The minimum absolute atomic E-state index is 0.0910. The lowest BCUT2D eigenvalue weighted by Gasteiger charge is -2.44. The molecular weight excluding hydrogens is 404 g/mol. The third-order valence-electron chi connectivity index (χ3n) is 7.41. The summed E-state index contributed by atoms with van der Waals surface area (Å²) < 4.78 is 0. The van der Waals surface area contributed by atoms with Gasteiger partial charge in [-0.05, 0) is 48.8 Å². The van der Waals surface area contributed by atoms with E-state index in [4.69, 9.17) is 0 Å². The summed E-state index contributed by atoms with van der Waals surface area (Å²) in [6.45, 7) is 0. The normalized spacial score (nSPS) is 25.3. The number of carbonyl (C=O) groups is 2. The van der Waals surface area contributed by atoms with Crippen LogP contribution in [-0.2, 0) is 4.79 Å². The van der Waals surface area contributed by atoms with E-state index < -0.39 is 0 Å². The number of amides is 2. The van der Waals surface area contributed by atoms with Crippen molar-refractivity contribution in [1.29, 1.82) is 0 Å². The largest absolute Gasteiger partial charge is 0.353 e. The van der Waals surface area contributed by atoms with E-state index in [9.17, 15) is 9.59 Å². The van der Waals surface area contributed by atoms with Crippen LogP contribution >= 0.6 is 11.3 Å². The van der Waals surface area contributed by atoms with Gasteiger partial charge in [0.2, 0.25) is 5.91 Å². The average molecular weight is 437 g/mol. The van der Waals surface area contributed by atoms with E-state index in [1.807, 2.05) is 30.3 Å². The van der Waals surface area contributed by atoms with Crippen LogP contribution in [0.3, 0.4) is 0 Å². The van der Waals surface area contributed by atoms with Crippen molar-refractivity contribution in [3.63, 3.8) is 0 Å². The molecule has 5 heteroatoms. The van der Waals surface area contributed by atoms with Crippen LogP contribution < -0.4 is 5.32 Å². The van der Waals surface area contributed by atoms with E-state index in [0.29, 0.717) is 5.56 Å². The maximum absolute atomic E-state index is 13.9. The van der Waals surface area contributed by atoms with Crippen molar-refractivity contribution < 1.29 is 9.59 Å². The highest BCUT2D eigenvalue weighted by atomic mass is 32.1. The molecule has 3 aliphatic rings. The number of hydrogen-bond donors (Lipinski definition) is 1. The van der Waals surface area contributed by atoms with Gasteiger partial charge in [-0.3, -0.25) is 9.59 Å². The number of thiophene rings is 1. The summed E-state index contributed by atoms with van der Waals surface area (Å²) in [6.07, 6.45) is 11.4. The topological polar surface area (TPSA) is 49.4 Å². The number of hydrogen-bond acceptors (Lipinski definition) is 3. The van der Waals surface area contributed by atoms with Gasteiger partial charge in [0.25, 0.3) is 5.91 Å². The summed E-state index contributed by atoms with van der Waals surface area (Å²) in [5, 5.41) is 5.48. The standard InChI is InChI=1S/C26H32N2O2S/c29-25(27-18-10-3-1-2-4-11-18)23-20-14-7-8-15-21(20)26(30)28(19-12-5-6-13-19)24(23)22-16-9-17-31-22/h7-9,14-19,23-24H,1-6,10-13H2,(H,27,29)/t23-,24+/m0/s1. The number of rotatable bonds is 4. The molecule has 4 nitrogen and oxygen atoms in total. The molecule has 2 aliphatic carbocycles. The molecule has 2 amide bonds. The fourth-order valence-corrected chi connectivity index (χ4v) is 6.76. The van der Waals surface area contributed by atoms with Gasteiger partial charge in [0.1, 0.15) is 0 Å². The van der Waals surface area contributed by atoms with Crippen LogP contribution in [0, 0.1) is 0 Å². The molecule has 0 spiro atoms. The van der Waals surface area contributed by atoms with Gasteiger partial charge in [-0.15, -0.1) is 11.3 Å². The molecule has 5 rings (SSSR count). The van der Waals surface area contributed by atoms with Crippen LogP contribution in [0.5, 0.6) is 0 Å². The molecule has 2 aromatic rings. The first kappa shape index (κ1) is 20.7. The van der Waals surface area contributed by atoms with Crippen molar-refractivity contribution in [3.8, 4) is 0 Å². The van der Waals surface area contributed by atoms with Gasteiger partial charge >= 0.3 is 0 Å². The fraction of sp³-hybridized carbons (Fsp3) is 0.538. The SMILES string of the molecule is O=C(NC1CCCCCC1)[C@H]1c2ccccc2C(=O)N(C2CCCC2)[C@@H]1c1cccs1. The molecule has 2 atom stereocenters. The number of carbonyl (C=O) groups excluding carboxylic acids is 2. The Morgan fingerprint density at radius 2 is 1.61 bits per heavy atom. The Morgan fingerprint density at radius 1 is 0.903 bits per heavy atom. The van der Waals surface area contributed by atoms with Crippen molar-refractivity contribution in [2.75, 3.05) is 0 Å². The highest BCUT2D eigenvalue weighted by Gasteiger charge is 2.47. The molecular formula is C26H32N2O2S. The van der Waals surface area contributed by atoms with Crippen LogP contribution in [0.1, 0.15) is 97.0 Å². The number of benzene rings is 1. The Balaban J connectivity index is 1.56. The van der Waals surface area contributed by atoms with Crippen molar-refractivity contribution in [2.45, 2.75) is 88.3 Å². The van der Waals surface area contributed by atoms with Gasteiger partial charge in [0.15, 0.2) is 0 Å². The summed E-state index contributed by atoms with van der Waals surface area (Å²) in [7, 11) is 0. The van der Waals surface area contributed by atoms with Crippen LogP contribution in [0.15, 0.2) is 41.8 Å². The van der Waals surface area contributed by atoms with E-state index in [1.165, 1.54) is 25.7 Å². The molecule has 0 saturated heterocycles. The summed E-state index contributed by atoms with van der Waals surface area (Å²) in [6, 6.07) is 12.2. The predicted molar refractivity (Wildman–Crippen MR) is 124 cm³/mol. The monoisotopic (exact) mass is 436 g/mol. The second-order valence-corrected chi connectivity index (χ2v) is 10.4. The Labute approximate surface area is 189 Å². The third-order valence-corrected chi connectivity index (χ3v) is 8.36. The highest BCUT2D eigenvalue weighted by molar-refractivity contribution is 7.10. The zero-order chi connectivity index (χ0) is 21.2. The Hall–Kier alpha value is -2.14. The molecule has 0 bridgehead atoms. The van der Waals surface area contributed by atoms with Crippen LogP contribution in [0.4, 0.5) is 0 Å². The molecule has 1 aromatic carbocycles. The van der Waals surface area contributed by atoms with Gasteiger partial charge in [0, 0.05) is 22.5 Å².